The first kappa shape index (κ1) is 13.8. The molecule has 1 aliphatic heterocycles. The van der Waals surface area contributed by atoms with Crippen molar-refractivity contribution < 1.29 is 9.90 Å². The maximum atomic E-state index is 12.3. The van der Waals surface area contributed by atoms with Crippen LogP contribution in [-0.4, -0.2) is 40.6 Å². The Balaban J connectivity index is 1.99. The van der Waals surface area contributed by atoms with Gasteiger partial charge in [0.25, 0.3) is 5.91 Å². The van der Waals surface area contributed by atoms with E-state index in [1.807, 2.05) is 4.90 Å². The van der Waals surface area contributed by atoms with Gasteiger partial charge in [-0.15, -0.1) is 0 Å². The number of amides is 1. The smallest absolute Gasteiger partial charge is 0.272 e. The van der Waals surface area contributed by atoms with Gasteiger partial charge in [-0.25, -0.2) is 4.98 Å². The molecule has 0 aromatic carbocycles. The van der Waals surface area contributed by atoms with Crippen LogP contribution >= 0.6 is 0 Å². The number of aromatic nitrogens is 1. The van der Waals surface area contributed by atoms with Gasteiger partial charge >= 0.3 is 0 Å². The Morgan fingerprint density at radius 1 is 1.53 bits per heavy atom. The lowest BCUT2D eigenvalue weighted by Crippen LogP contribution is -2.40. The molecule has 5 heteroatoms. The first-order valence-corrected chi connectivity index (χ1v) is 6.83. The van der Waals surface area contributed by atoms with Crippen LogP contribution in [0, 0.1) is 5.92 Å². The third-order valence-corrected chi connectivity index (χ3v) is 3.57. The molecule has 2 heterocycles. The molecule has 1 saturated heterocycles. The van der Waals surface area contributed by atoms with Crippen molar-refractivity contribution >= 4 is 11.7 Å². The zero-order chi connectivity index (χ0) is 13.7. The number of hydrogen-bond acceptors (Lipinski definition) is 4. The summed E-state index contributed by atoms with van der Waals surface area (Å²) < 4.78 is 0. The minimum atomic E-state index is -0.0407. The fourth-order valence-electron chi connectivity index (χ4n) is 2.60. The summed E-state index contributed by atoms with van der Waals surface area (Å²) >= 11 is 0. The fourth-order valence-corrected chi connectivity index (χ4v) is 2.60. The quantitative estimate of drug-likeness (QED) is 0.858. The van der Waals surface area contributed by atoms with Gasteiger partial charge in [-0.3, -0.25) is 4.79 Å². The predicted octanol–water partition coefficient (Wildman–Crippen LogP) is 1.29. The fraction of sp³-hybridized carbons (Fsp3) is 0.571. The van der Waals surface area contributed by atoms with Gasteiger partial charge in [-0.2, -0.15) is 0 Å². The summed E-state index contributed by atoms with van der Waals surface area (Å²) in [4.78, 5) is 18.3. The first-order chi connectivity index (χ1) is 9.20. The maximum Gasteiger partial charge on any atom is 0.272 e. The van der Waals surface area contributed by atoms with E-state index in [1.165, 1.54) is 0 Å². The molecule has 5 nitrogen and oxygen atoms in total. The van der Waals surface area contributed by atoms with Gasteiger partial charge in [0.1, 0.15) is 11.5 Å². The van der Waals surface area contributed by atoms with Crippen molar-refractivity contribution in [2.45, 2.75) is 25.7 Å². The minimum Gasteiger partial charge on any atom is -0.396 e. The van der Waals surface area contributed by atoms with E-state index in [0.29, 0.717) is 17.4 Å². The van der Waals surface area contributed by atoms with Crippen LogP contribution in [0.5, 0.6) is 0 Å². The molecular formula is C14H21N3O2. The van der Waals surface area contributed by atoms with E-state index in [-0.39, 0.29) is 12.5 Å². The average molecular weight is 263 g/mol. The minimum absolute atomic E-state index is 0.0407. The number of nitrogens with two attached hydrogens (primary N) is 1. The Bertz CT molecular complexity index is 436. The van der Waals surface area contributed by atoms with E-state index in [2.05, 4.69) is 4.98 Å². The number of piperidine rings is 1. The van der Waals surface area contributed by atoms with E-state index in [4.69, 9.17) is 10.8 Å². The Kier molecular flexibility index (Phi) is 4.74. The monoisotopic (exact) mass is 263 g/mol. The Labute approximate surface area is 113 Å². The molecule has 1 fully saturated rings. The van der Waals surface area contributed by atoms with E-state index in [0.717, 1.165) is 38.8 Å². The first-order valence-electron chi connectivity index (χ1n) is 6.83. The molecule has 3 N–H and O–H groups in total. The number of carbonyl (C=O) groups excluding carboxylic acids is 1. The standard InChI is InChI=1S/C14H21N3O2/c15-13-7-1-6-12(16-13)14(19)17-8-2-4-11(10-17)5-3-9-18/h1,6-7,11,18H,2-5,8-10H2,(H2,15,16). The molecule has 2 rings (SSSR count). The van der Waals surface area contributed by atoms with Crippen molar-refractivity contribution in [3.05, 3.63) is 23.9 Å². The van der Waals surface area contributed by atoms with Crippen LogP contribution in [-0.2, 0) is 0 Å². The van der Waals surface area contributed by atoms with E-state index >= 15 is 0 Å². The normalized spacial score (nSPS) is 19.4. The van der Waals surface area contributed by atoms with Crippen LogP contribution in [0.25, 0.3) is 0 Å². The van der Waals surface area contributed by atoms with Crippen LogP contribution in [0.3, 0.4) is 0 Å². The molecule has 0 bridgehead atoms. The van der Waals surface area contributed by atoms with Crippen molar-refractivity contribution in [1.29, 1.82) is 0 Å². The number of anilines is 1. The summed E-state index contributed by atoms with van der Waals surface area (Å²) in [6, 6.07) is 5.13. The van der Waals surface area contributed by atoms with Gasteiger partial charge in [0.2, 0.25) is 0 Å². The van der Waals surface area contributed by atoms with Crippen molar-refractivity contribution in [1.82, 2.24) is 9.88 Å². The number of carbonyl (C=O) groups is 1. The van der Waals surface area contributed by atoms with E-state index < -0.39 is 0 Å². The SMILES string of the molecule is Nc1cccc(C(=O)N2CCCC(CCCO)C2)n1. The summed E-state index contributed by atoms with van der Waals surface area (Å²) in [6.07, 6.45) is 3.94. The van der Waals surface area contributed by atoms with Gasteiger partial charge in [0.05, 0.1) is 0 Å². The van der Waals surface area contributed by atoms with Gasteiger partial charge in [0, 0.05) is 19.7 Å². The summed E-state index contributed by atoms with van der Waals surface area (Å²) in [5.41, 5.74) is 6.03. The van der Waals surface area contributed by atoms with E-state index in [1.54, 1.807) is 18.2 Å². The number of aliphatic hydroxyl groups excluding tert-OH is 1. The lowest BCUT2D eigenvalue weighted by molar-refractivity contribution is 0.0658. The number of pyridine rings is 1. The van der Waals surface area contributed by atoms with E-state index in [9.17, 15) is 4.79 Å². The summed E-state index contributed by atoms with van der Waals surface area (Å²) in [5, 5.41) is 8.88. The molecule has 0 radical (unpaired) electrons. The number of aliphatic hydroxyl groups is 1. The van der Waals surface area contributed by atoms with Gasteiger partial charge < -0.3 is 15.7 Å². The molecule has 1 unspecified atom stereocenters. The largest absolute Gasteiger partial charge is 0.396 e. The van der Waals surface area contributed by atoms with Gasteiger partial charge in [-0.05, 0) is 43.7 Å². The van der Waals surface area contributed by atoms with Crippen molar-refractivity contribution in [2.24, 2.45) is 5.92 Å². The van der Waals surface area contributed by atoms with Crippen LogP contribution in [0.15, 0.2) is 18.2 Å². The Morgan fingerprint density at radius 3 is 3.11 bits per heavy atom. The summed E-state index contributed by atoms with van der Waals surface area (Å²) in [6.45, 7) is 1.77. The van der Waals surface area contributed by atoms with Crippen LogP contribution in [0.2, 0.25) is 0 Å². The number of nitrogen functional groups attached to an aromatic ring is 1. The second kappa shape index (κ2) is 6.52. The second-order valence-corrected chi connectivity index (χ2v) is 5.07. The molecule has 104 valence electrons. The molecule has 0 aliphatic carbocycles. The van der Waals surface area contributed by atoms with Crippen molar-refractivity contribution in [2.75, 3.05) is 25.4 Å². The van der Waals surface area contributed by atoms with Crippen LogP contribution in [0.1, 0.15) is 36.2 Å². The molecule has 19 heavy (non-hydrogen) atoms. The third-order valence-electron chi connectivity index (χ3n) is 3.57. The molecule has 0 spiro atoms. The summed E-state index contributed by atoms with van der Waals surface area (Å²) in [5.74, 6) is 0.826. The lowest BCUT2D eigenvalue weighted by atomic mass is 9.93. The number of likely N-dealkylation sites (tertiary alicyclic amines) is 1. The molecule has 1 atom stereocenters. The highest BCUT2D eigenvalue weighted by atomic mass is 16.2. The predicted molar refractivity (Wildman–Crippen MR) is 73.6 cm³/mol. The molecule has 1 aromatic heterocycles. The second-order valence-electron chi connectivity index (χ2n) is 5.07. The Hall–Kier alpha value is -1.62. The molecule has 1 aliphatic rings. The van der Waals surface area contributed by atoms with Crippen LogP contribution < -0.4 is 5.73 Å². The summed E-state index contributed by atoms with van der Waals surface area (Å²) in [7, 11) is 0. The number of hydrogen-bond donors (Lipinski definition) is 2. The van der Waals surface area contributed by atoms with Crippen molar-refractivity contribution in [3.63, 3.8) is 0 Å². The number of rotatable bonds is 4. The van der Waals surface area contributed by atoms with Gasteiger partial charge in [-0.1, -0.05) is 6.07 Å². The highest BCUT2D eigenvalue weighted by Gasteiger charge is 2.24. The zero-order valence-electron chi connectivity index (χ0n) is 11.1. The molecule has 0 saturated carbocycles. The molecule has 1 aromatic rings. The molecular weight excluding hydrogens is 242 g/mol. The third kappa shape index (κ3) is 3.67. The van der Waals surface area contributed by atoms with Crippen LogP contribution in [0.4, 0.5) is 5.82 Å². The number of nitrogens with zero attached hydrogens (tertiary/aromatic N) is 2. The highest BCUT2D eigenvalue weighted by molar-refractivity contribution is 5.92. The van der Waals surface area contributed by atoms with Gasteiger partial charge in [0.15, 0.2) is 0 Å². The average Bonchev–Trinajstić information content (AvgIpc) is 2.44. The maximum absolute atomic E-state index is 12.3. The topological polar surface area (TPSA) is 79.5 Å². The zero-order valence-corrected chi connectivity index (χ0v) is 11.1. The molecule has 1 amide bonds. The Morgan fingerprint density at radius 2 is 2.37 bits per heavy atom. The lowest BCUT2D eigenvalue weighted by Gasteiger charge is -2.32. The highest BCUT2D eigenvalue weighted by Crippen LogP contribution is 2.22. The van der Waals surface area contributed by atoms with Crippen molar-refractivity contribution in [3.8, 4) is 0 Å².